The zero-order valence-electron chi connectivity index (χ0n) is 10.3. The van der Waals surface area contributed by atoms with E-state index in [4.69, 9.17) is 5.11 Å². The van der Waals surface area contributed by atoms with E-state index >= 15 is 0 Å². The third-order valence-corrected chi connectivity index (χ3v) is 2.31. The lowest BCUT2D eigenvalue weighted by molar-refractivity contribution is -0.139. The van der Waals surface area contributed by atoms with Gasteiger partial charge in [-0.1, -0.05) is 6.92 Å². The van der Waals surface area contributed by atoms with Crippen molar-refractivity contribution in [1.29, 1.82) is 0 Å². The van der Waals surface area contributed by atoms with E-state index in [0.717, 1.165) is 0 Å². The van der Waals surface area contributed by atoms with Crippen LogP contribution in [0.5, 0.6) is 0 Å². The van der Waals surface area contributed by atoms with Crippen LogP contribution < -0.4 is 10.6 Å². The molecule has 3 amide bonds. The maximum absolute atomic E-state index is 11.3. The van der Waals surface area contributed by atoms with Crippen molar-refractivity contribution in [2.45, 2.75) is 26.3 Å². The maximum Gasteiger partial charge on any atom is 0.326 e. The summed E-state index contributed by atoms with van der Waals surface area (Å²) in [5.41, 5.74) is 0. The predicted molar refractivity (Wildman–Crippen MR) is 61.6 cm³/mol. The maximum atomic E-state index is 11.3. The molecule has 98 valence electrons. The molecule has 0 bridgehead atoms. The average molecular weight is 245 g/mol. The monoisotopic (exact) mass is 245 g/mol. The third kappa shape index (κ3) is 5.74. The lowest BCUT2D eigenvalue weighted by Crippen LogP contribution is -2.48. The summed E-state index contributed by atoms with van der Waals surface area (Å²) in [4.78, 5) is 34.7. The first-order chi connectivity index (χ1) is 7.92. The van der Waals surface area contributed by atoms with Crippen LogP contribution in [0, 0.1) is 0 Å². The smallest absolute Gasteiger partial charge is 0.326 e. The van der Waals surface area contributed by atoms with E-state index in [2.05, 4.69) is 10.6 Å². The topological polar surface area (TPSA) is 98.7 Å². The van der Waals surface area contributed by atoms with Gasteiger partial charge in [-0.15, -0.1) is 0 Å². The van der Waals surface area contributed by atoms with E-state index in [1.165, 1.54) is 4.90 Å². The van der Waals surface area contributed by atoms with Crippen molar-refractivity contribution in [3.8, 4) is 0 Å². The van der Waals surface area contributed by atoms with E-state index in [1.807, 2.05) is 6.92 Å². The van der Waals surface area contributed by atoms with Crippen molar-refractivity contribution < 1.29 is 19.5 Å². The molecule has 0 heterocycles. The zero-order valence-corrected chi connectivity index (χ0v) is 10.3. The SMILES string of the molecule is CC[C@H](NC(=O)NCC(=O)N(C)CC)C(=O)O. The van der Waals surface area contributed by atoms with Gasteiger partial charge in [0.1, 0.15) is 6.04 Å². The number of nitrogens with zero attached hydrogens (tertiary/aromatic N) is 1. The molecular weight excluding hydrogens is 226 g/mol. The molecule has 0 rings (SSSR count). The molecule has 7 nitrogen and oxygen atoms in total. The number of hydrogen-bond donors (Lipinski definition) is 3. The Bertz CT molecular complexity index is 293. The fourth-order valence-corrected chi connectivity index (χ4v) is 1.01. The van der Waals surface area contributed by atoms with E-state index in [0.29, 0.717) is 6.54 Å². The molecule has 0 radical (unpaired) electrons. The summed E-state index contributed by atoms with van der Waals surface area (Å²) in [6.07, 6.45) is 0.283. The number of carboxylic acids is 1. The number of hydrogen-bond acceptors (Lipinski definition) is 3. The van der Waals surface area contributed by atoms with Crippen molar-refractivity contribution >= 4 is 17.9 Å². The summed E-state index contributed by atoms with van der Waals surface area (Å²) in [5.74, 6) is -1.33. The third-order valence-electron chi connectivity index (χ3n) is 2.31. The number of amides is 3. The highest BCUT2D eigenvalue weighted by Gasteiger charge is 2.17. The van der Waals surface area contributed by atoms with Gasteiger partial charge in [-0.3, -0.25) is 4.79 Å². The summed E-state index contributed by atoms with van der Waals surface area (Å²) in [5, 5.41) is 13.3. The lowest BCUT2D eigenvalue weighted by atomic mass is 10.2. The van der Waals surface area contributed by atoms with Gasteiger partial charge >= 0.3 is 12.0 Å². The molecule has 0 aromatic rings. The van der Waals surface area contributed by atoms with Crippen molar-refractivity contribution in [3.63, 3.8) is 0 Å². The first kappa shape index (κ1) is 15.2. The first-order valence-electron chi connectivity index (χ1n) is 5.43. The Labute approximate surface area is 100 Å². The van der Waals surface area contributed by atoms with E-state index in [1.54, 1.807) is 14.0 Å². The van der Waals surface area contributed by atoms with Crippen molar-refractivity contribution in [2.24, 2.45) is 0 Å². The van der Waals surface area contributed by atoms with E-state index in [9.17, 15) is 14.4 Å². The van der Waals surface area contributed by atoms with Crippen LogP contribution in [0.2, 0.25) is 0 Å². The molecule has 0 aliphatic heterocycles. The van der Waals surface area contributed by atoms with Gasteiger partial charge in [-0.2, -0.15) is 0 Å². The Kier molecular flexibility index (Phi) is 6.69. The molecule has 0 spiro atoms. The highest BCUT2D eigenvalue weighted by Crippen LogP contribution is 1.90. The Balaban J connectivity index is 4.03. The second-order valence-corrected chi connectivity index (χ2v) is 3.53. The number of nitrogens with one attached hydrogen (secondary N) is 2. The number of carboxylic acid groups (broad SMARTS) is 1. The number of carbonyl (C=O) groups is 3. The van der Waals surface area contributed by atoms with Gasteiger partial charge in [0.2, 0.25) is 5.91 Å². The molecule has 0 unspecified atom stereocenters. The van der Waals surface area contributed by atoms with E-state index in [-0.39, 0.29) is 18.9 Å². The Morgan fingerprint density at radius 3 is 2.29 bits per heavy atom. The Morgan fingerprint density at radius 2 is 1.88 bits per heavy atom. The van der Waals surface area contributed by atoms with Crippen LogP contribution in [0.3, 0.4) is 0 Å². The molecule has 0 saturated carbocycles. The number of urea groups is 1. The van der Waals surface area contributed by atoms with Gasteiger partial charge in [0.05, 0.1) is 6.54 Å². The Morgan fingerprint density at radius 1 is 1.29 bits per heavy atom. The molecule has 1 atom stereocenters. The predicted octanol–water partition coefficient (Wildman–Crippen LogP) is -0.373. The fourth-order valence-electron chi connectivity index (χ4n) is 1.01. The largest absolute Gasteiger partial charge is 0.480 e. The van der Waals surface area contributed by atoms with Crippen LogP contribution in [0.1, 0.15) is 20.3 Å². The first-order valence-corrected chi connectivity index (χ1v) is 5.43. The zero-order chi connectivity index (χ0) is 13.4. The normalized spacial score (nSPS) is 11.5. The molecule has 0 fully saturated rings. The molecular formula is C10H19N3O4. The molecule has 0 saturated heterocycles. The number of carbonyl (C=O) groups excluding carboxylic acids is 2. The standard InChI is InChI=1S/C10H19N3O4/c1-4-7(9(15)16)12-10(17)11-6-8(14)13(3)5-2/h7H,4-6H2,1-3H3,(H,15,16)(H2,11,12,17)/t7-/m0/s1. The quantitative estimate of drug-likeness (QED) is 0.594. The minimum absolute atomic E-state index is 0.147. The summed E-state index contributed by atoms with van der Waals surface area (Å²) in [7, 11) is 1.62. The minimum atomic E-state index is -1.10. The summed E-state index contributed by atoms with van der Waals surface area (Å²) in [6.45, 7) is 3.87. The van der Waals surface area contributed by atoms with Crippen molar-refractivity contribution in [1.82, 2.24) is 15.5 Å². The lowest BCUT2D eigenvalue weighted by Gasteiger charge is -2.16. The van der Waals surface area contributed by atoms with Crippen molar-refractivity contribution in [3.05, 3.63) is 0 Å². The van der Waals surface area contributed by atoms with Crippen LogP contribution in [0.4, 0.5) is 4.79 Å². The van der Waals surface area contributed by atoms with Gasteiger partial charge in [-0.25, -0.2) is 9.59 Å². The highest BCUT2D eigenvalue weighted by molar-refractivity contribution is 5.86. The molecule has 0 aromatic carbocycles. The second kappa shape index (κ2) is 7.48. The van der Waals surface area contributed by atoms with Gasteiger partial charge in [0.25, 0.3) is 0 Å². The van der Waals surface area contributed by atoms with Crippen LogP contribution in [0.15, 0.2) is 0 Å². The average Bonchev–Trinajstić information content (AvgIpc) is 2.31. The summed E-state index contributed by atoms with van der Waals surface area (Å²) in [6, 6.07) is -1.59. The summed E-state index contributed by atoms with van der Waals surface area (Å²) < 4.78 is 0. The molecule has 0 aliphatic carbocycles. The molecule has 17 heavy (non-hydrogen) atoms. The molecule has 3 N–H and O–H groups in total. The van der Waals surface area contributed by atoms with Crippen LogP contribution >= 0.6 is 0 Å². The second-order valence-electron chi connectivity index (χ2n) is 3.53. The number of likely N-dealkylation sites (N-methyl/N-ethyl adjacent to an activating group) is 1. The van der Waals surface area contributed by atoms with Gasteiger partial charge in [0, 0.05) is 13.6 Å². The van der Waals surface area contributed by atoms with Gasteiger partial charge in [-0.05, 0) is 13.3 Å². The highest BCUT2D eigenvalue weighted by atomic mass is 16.4. The van der Waals surface area contributed by atoms with Gasteiger partial charge < -0.3 is 20.6 Å². The molecule has 0 aliphatic rings. The number of rotatable bonds is 6. The van der Waals surface area contributed by atoms with E-state index < -0.39 is 18.0 Å². The fraction of sp³-hybridized carbons (Fsp3) is 0.700. The number of aliphatic carboxylic acids is 1. The van der Waals surface area contributed by atoms with Gasteiger partial charge in [0.15, 0.2) is 0 Å². The van der Waals surface area contributed by atoms with Crippen LogP contribution in [-0.2, 0) is 9.59 Å². The van der Waals surface area contributed by atoms with Crippen molar-refractivity contribution in [2.75, 3.05) is 20.1 Å². The minimum Gasteiger partial charge on any atom is -0.480 e. The van der Waals surface area contributed by atoms with Crippen LogP contribution in [0.25, 0.3) is 0 Å². The van der Waals surface area contributed by atoms with Crippen LogP contribution in [-0.4, -0.2) is 54.1 Å². The summed E-state index contributed by atoms with van der Waals surface area (Å²) >= 11 is 0. The molecule has 7 heteroatoms. The Hall–Kier alpha value is -1.79. The molecule has 0 aromatic heterocycles.